The third-order valence-electron chi connectivity index (χ3n) is 9.33. The minimum absolute atomic E-state index is 0.106. The van der Waals surface area contributed by atoms with Gasteiger partial charge in [0, 0.05) is 45.0 Å². The zero-order valence-electron chi connectivity index (χ0n) is 30.6. The van der Waals surface area contributed by atoms with Crippen LogP contribution in [0.25, 0.3) is 0 Å². The number of cyclic esters (lactones) is 2. The topological polar surface area (TPSA) is 336 Å². The predicted molar refractivity (Wildman–Crippen MR) is 185 cm³/mol. The van der Waals surface area contributed by atoms with Crippen molar-refractivity contribution < 1.29 is 79.7 Å². The van der Waals surface area contributed by atoms with Crippen LogP contribution in [0.15, 0.2) is 18.2 Å². The molecule has 1 aromatic rings. The molecule has 0 bridgehead atoms. The predicted octanol–water partition coefficient (Wildman–Crippen LogP) is -7.56. The number of hydrogen-bond acceptors (Lipinski definition) is 20. The zero-order valence-corrected chi connectivity index (χ0v) is 30.6. The van der Waals surface area contributed by atoms with Gasteiger partial charge in [-0.05, 0) is 26.1 Å². The van der Waals surface area contributed by atoms with Crippen molar-refractivity contribution in [2.45, 2.75) is 93.5 Å². The molecule has 22 nitrogen and oxygen atoms in total. The Balaban J connectivity index is 1.59. The number of nitrogens with zero attached hydrogens (tertiary/aromatic N) is 4. The number of aryl methyl sites for hydroxylation is 1. The summed E-state index contributed by atoms with van der Waals surface area (Å²) in [6.45, 7) is -0.385. The number of nitrogens with one attached hydrogen (secondary N) is 2. The lowest BCUT2D eigenvalue weighted by Crippen LogP contribution is -2.50. The highest BCUT2D eigenvalue weighted by molar-refractivity contribution is 5.87. The van der Waals surface area contributed by atoms with Crippen LogP contribution in [-0.2, 0) is 35.2 Å². The highest BCUT2D eigenvalue weighted by Gasteiger charge is 2.44. The van der Waals surface area contributed by atoms with Gasteiger partial charge in [0.05, 0.1) is 44.0 Å². The van der Waals surface area contributed by atoms with Crippen LogP contribution in [0.3, 0.4) is 0 Å². The SMILES string of the molecule is Cc1cccc(CN2C(CN(C)CCN3COC(=O)C3CC(=O)NCC(O)C(O)C(O)C(O)CO)OC(=O)C2CC(=O)NCC(O)C(O)C(O)C(O)CO)n1. The van der Waals surface area contributed by atoms with Crippen LogP contribution >= 0.6 is 0 Å². The molecule has 0 aromatic carbocycles. The Bertz CT molecular complexity index is 1410. The van der Waals surface area contributed by atoms with E-state index in [1.165, 1.54) is 0 Å². The van der Waals surface area contributed by atoms with Crippen LogP contribution in [0.2, 0.25) is 0 Å². The van der Waals surface area contributed by atoms with E-state index in [-0.39, 0.29) is 39.3 Å². The number of amides is 2. The molecule has 0 radical (unpaired) electrons. The zero-order chi connectivity index (χ0) is 41.0. The molecule has 2 amide bonds. The smallest absolute Gasteiger partial charge is 0.325 e. The third kappa shape index (κ3) is 13.3. The molecular weight excluding hydrogens is 736 g/mol. The van der Waals surface area contributed by atoms with Gasteiger partial charge in [-0.15, -0.1) is 0 Å². The van der Waals surface area contributed by atoms with Gasteiger partial charge in [0.2, 0.25) is 11.8 Å². The fraction of sp³-hybridized carbons (Fsp3) is 0.727. The first-order valence-corrected chi connectivity index (χ1v) is 17.6. The molecule has 22 heteroatoms. The fourth-order valence-electron chi connectivity index (χ4n) is 5.92. The lowest BCUT2D eigenvalue weighted by atomic mass is 10.0. The van der Waals surface area contributed by atoms with Gasteiger partial charge in [0.15, 0.2) is 6.23 Å². The highest BCUT2D eigenvalue weighted by atomic mass is 16.6. The quantitative estimate of drug-likeness (QED) is 0.0458. The number of esters is 2. The lowest BCUT2D eigenvalue weighted by Gasteiger charge is -2.30. The second-order valence-corrected chi connectivity index (χ2v) is 13.6. The molecule has 3 rings (SSSR count). The Kier molecular flexibility index (Phi) is 18.1. The lowest BCUT2D eigenvalue weighted by molar-refractivity contribution is -0.144. The maximum absolute atomic E-state index is 13.2. The van der Waals surface area contributed by atoms with Gasteiger partial charge >= 0.3 is 11.9 Å². The van der Waals surface area contributed by atoms with Crippen molar-refractivity contribution in [3.8, 4) is 0 Å². The molecule has 2 fully saturated rings. The van der Waals surface area contributed by atoms with E-state index >= 15 is 0 Å². The molecule has 11 atom stereocenters. The Morgan fingerprint density at radius 1 is 0.836 bits per heavy atom. The molecule has 2 aliphatic heterocycles. The van der Waals surface area contributed by atoms with E-state index in [1.54, 1.807) is 46.9 Å². The summed E-state index contributed by atoms with van der Waals surface area (Å²) in [5, 5.41) is 101. The average Bonchev–Trinajstić information content (AvgIpc) is 3.65. The number of likely N-dealkylation sites (N-methyl/N-ethyl adjacent to an activating group) is 1. The van der Waals surface area contributed by atoms with Crippen molar-refractivity contribution >= 4 is 23.8 Å². The van der Waals surface area contributed by atoms with Gasteiger partial charge in [0.25, 0.3) is 0 Å². The van der Waals surface area contributed by atoms with E-state index in [2.05, 4.69) is 15.6 Å². The normalized spacial score (nSPS) is 23.7. The first-order valence-electron chi connectivity index (χ1n) is 17.6. The van der Waals surface area contributed by atoms with Gasteiger partial charge in [-0.1, -0.05) is 6.07 Å². The molecule has 0 spiro atoms. The number of hydrogen-bond donors (Lipinski definition) is 12. The Labute approximate surface area is 316 Å². The van der Waals surface area contributed by atoms with E-state index in [0.717, 1.165) is 0 Å². The van der Waals surface area contributed by atoms with Crippen molar-refractivity contribution in [1.29, 1.82) is 0 Å². The van der Waals surface area contributed by atoms with Crippen molar-refractivity contribution in [3.63, 3.8) is 0 Å². The third-order valence-corrected chi connectivity index (χ3v) is 9.33. The first kappa shape index (κ1) is 45.9. The highest BCUT2D eigenvalue weighted by Crippen LogP contribution is 2.25. The van der Waals surface area contributed by atoms with Crippen LogP contribution in [0.1, 0.15) is 24.2 Å². The fourth-order valence-corrected chi connectivity index (χ4v) is 5.92. The van der Waals surface area contributed by atoms with Crippen molar-refractivity contribution in [1.82, 2.24) is 30.3 Å². The van der Waals surface area contributed by atoms with Gasteiger partial charge in [-0.2, -0.15) is 0 Å². The van der Waals surface area contributed by atoms with E-state index < -0.39 is 124 Å². The van der Waals surface area contributed by atoms with Crippen LogP contribution in [0, 0.1) is 6.92 Å². The van der Waals surface area contributed by atoms with Crippen molar-refractivity contribution in [2.24, 2.45) is 0 Å². The molecule has 11 unspecified atom stereocenters. The maximum atomic E-state index is 13.2. The Hall–Kier alpha value is -3.49. The molecule has 3 heterocycles. The summed E-state index contributed by atoms with van der Waals surface area (Å²) < 4.78 is 10.8. The molecule has 2 aliphatic rings. The average molecular weight is 791 g/mol. The van der Waals surface area contributed by atoms with Crippen LogP contribution in [0.5, 0.6) is 0 Å². The van der Waals surface area contributed by atoms with E-state index in [4.69, 9.17) is 19.7 Å². The number of pyridine rings is 1. The number of carbonyl (C=O) groups excluding carboxylic acids is 4. The summed E-state index contributed by atoms with van der Waals surface area (Å²) in [6, 6.07) is 3.24. The number of aliphatic hydroxyl groups excluding tert-OH is 10. The molecule has 55 heavy (non-hydrogen) atoms. The summed E-state index contributed by atoms with van der Waals surface area (Å²) in [5.41, 5.74) is 1.30. The summed E-state index contributed by atoms with van der Waals surface area (Å²) >= 11 is 0. The van der Waals surface area contributed by atoms with Crippen LogP contribution in [-0.4, -0.2) is 221 Å². The molecule has 1 aromatic heterocycles. The van der Waals surface area contributed by atoms with Gasteiger partial charge < -0.3 is 76.1 Å². The second kappa shape index (κ2) is 21.7. The maximum Gasteiger partial charge on any atom is 0.325 e. The van der Waals surface area contributed by atoms with E-state index in [0.29, 0.717) is 11.4 Å². The summed E-state index contributed by atoms with van der Waals surface area (Å²) in [4.78, 5) is 60.7. The van der Waals surface area contributed by atoms with Gasteiger partial charge in [-0.3, -0.25) is 29.1 Å². The number of ether oxygens (including phenoxy) is 2. The molecule has 12 N–H and O–H groups in total. The first-order chi connectivity index (χ1) is 26.0. The van der Waals surface area contributed by atoms with Crippen LogP contribution in [0.4, 0.5) is 0 Å². The monoisotopic (exact) mass is 790 g/mol. The number of aromatic nitrogens is 1. The van der Waals surface area contributed by atoms with Crippen molar-refractivity contribution in [3.05, 3.63) is 29.6 Å². The minimum Gasteiger partial charge on any atom is -0.448 e. The molecule has 312 valence electrons. The summed E-state index contributed by atoms with van der Waals surface area (Å²) in [6.07, 6.45) is -16.0. The number of carbonyl (C=O) groups is 4. The molecular formula is C33H54N6O16. The van der Waals surface area contributed by atoms with E-state index in [1.807, 2.05) is 0 Å². The number of rotatable bonds is 23. The minimum atomic E-state index is -1.89. The summed E-state index contributed by atoms with van der Waals surface area (Å²) in [5.74, 6) is -2.74. The standard InChI is InChI=1S/C33H54N6O16/c1-17-4-3-5-18(36-17)12-39-20(9-26(47)35-11-22(43)29(49)31(51)24(45)15-41)33(53)55-27(39)13-37(2)6-7-38-16-54-32(52)19(38)8-25(46)34-10-21(42)28(48)30(50)23(44)14-40/h3-5,19-24,27-31,40-45,48-51H,6-16H2,1-2H3,(H,34,46)(H,35,47). The molecule has 2 saturated heterocycles. The second-order valence-electron chi connectivity index (χ2n) is 13.6. The largest absolute Gasteiger partial charge is 0.448 e. The Morgan fingerprint density at radius 2 is 1.36 bits per heavy atom. The number of aliphatic hydroxyl groups is 10. The molecule has 0 aliphatic carbocycles. The van der Waals surface area contributed by atoms with Gasteiger partial charge in [0.1, 0.15) is 55.4 Å². The molecule has 0 saturated carbocycles. The van der Waals surface area contributed by atoms with Crippen molar-refractivity contribution in [2.75, 3.05) is 59.7 Å². The van der Waals surface area contributed by atoms with Crippen LogP contribution < -0.4 is 10.6 Å². The van der Waals surface area contributed by atoms with Gasteiger partial charge in [-0.25, -0.2) is 4.90 Å². The summed E-state index contributed by atoms with van der Waals surface area (Å²) in [7, 11) is 1.72. The Morgan fingerprint density at radius 3 is 1.89 bits per heavy atom. The van der Waals surface area contributed by atoms with E-state index in [9.17, 15) is 60.0 Å².